The second-order valence-corrected chi connectivity index (χ2v) is 6.42. The zero-order valence-electron chi connectivity index (χ0n) is 12.2. The van der Waals surface area contributed by atoms with E-state index in [4.69, 9.17) is 4.74 Å². The van der Waals surface area contributed by atoms with Crippen LogP contribution in [0.5, 0.6) is 0 Å². The molecule has 3 heteroatoms. The Morgan fingerprint density at radius 3 is 2.68 bits per heavy atom. The van der Waals surface area contributed by atoms with Crippen molar-refractivity contribution < 1.29 is 4.74 Å². The SMILES string of the molecule is Cc1ccc(SCCCCN2CCOCC2)c(C)c1. The molecule has 0 saturated carbocycles. The Bertz CT molecular complexity index is 388. The summed E-state index contributed by atoms with van der Waals surface area (Å²) in [7, 11) is 0. The summed E-state index contributed by atoms with van der Waals surface area (Å²) >= 11 is 2.00. The smallest absolute Gasteiger partial charge is 0.0594 e. The Morgan fingerprint density at radius 1 is 1.16 bits per heavy atom. The van der Waals surface area contributed by atoms with Crippen LogP contribution in [-0.2, 0) is 4.74 Å². The lowest BCUT2D eigenvalue weighted by molar-refractivity contribution is 0.0374. The number of unbranched alkanes of at least 4 members (excludes halogenated alkanes) is 1. The maximum atomic E-state index is 5.36. The van der Waals surface area contributed by atoms with Crippen molar-refractivity contribution in [3.63, 3.8) is 0 Å². The molecule has 1 aromatic carbocycles. The molecule has 1 aliphatic heterocycles. The standard InChI is InChI=1S/C16H25NOS/c1-14-5-6-16(15(2)13-14)19-12-4-3-7-17-8-10-18-11-9-17/h5-6,13H,3-4,7-12H2,1-2H3. The van der Waals surface area contributed by atoms with Gasteiger partial charge in [0.05, 0.1) is 13.2 Å². The third-order valence-corrected chi connectivity index (χ3v) is 4.82. The molecule has 106 valence electrons. The van der Waals surface area contributed by atoms with Gasteiger partial charge in [-0.1, -0.05) is 17.7 Å². The van der Waals surface area contributed by atoms with Crippen LogP contribution < -0.4 is 0 Å². The van der Waals surface area contributed by atoms with E-state index in [0.717, 1.165) is 26.3 Å². The lowest BCUT2D eigenvalue weighted by Gasteiger charge is -2.26. The average Bonchev–Trinajstić information content (AvgIpc) is 2.42. The molecule has 0 N–H and O–H groups in total. The van der Waals surface area contributed by atoms with Gasteiger partial charge in [0.25, 0.3) is 0 Å². The number of benzene rings is 1. The zero-order chi connectivity index (χ0) is 13.5. The summed E-state index contributed by atoms with van der Waals surface area (Å²) in [6.07, 6.45) is 2.60. The van der Waals surface area contributed by atoms with Gasteiger partial charge in [-0.15, -0.1) is 11.8 Å². The third-order valence-electron chi connectivity index (χ3n) is 3.56. The molecule has 19 heavy (non-hydrogen) atoms. The van der Waals surface area contributed by atoms with E-state index in [1.54, 1.807) is 0 Å². The van der Waals surface area contributed by atoms with Crippen LogP contribution in [0.1, 0.15) is 24.0 Å². The summed E-state index contributed by atoms with van der Waals surface area (Å²) in [6, 6.07) is 6.75. The van der Waals surface area contributed by atoms with Gasteiger partial charge in [-0.3, -0.25) is 4.90 Å². The lowest BCUT2D eigenvalue weighted by atomic mass is 10.2. The second kappa shape index (κ2) is 7.93. The molecule has 1 fully saturated rings. The predicted molar refractivity (Wildman–Crippen MR) is 83.1 cm³/mol. The molecule has 2 rings (SSSR count). The number of thioether (sulfide) groups is 1. The summed E-state index contributed by atoms with van der Waals surface area (Å²) in [6.45, 7) is 9.66. The fourth-order valence-corrected chi connectivity index (χ4v) is 3.42. The van der Waals surface area contributed by atoms with E-state index >= 15 is 0 Å². The highest BCUT2D eigenvalue weighted by Gasteiger charge is 2.09. The van der Waals surface area contributed by atoms with E-state index in [0.29, 0.717) is 0 Å². The van der Waals surface area contributed by atoms with Gasteiger partial charge in [-0.05, 0) is 50.6 Å². The molecule has 0 amide bonds. The highest BCUT2D eigenvalue weighted by molar-refractivity contribution is 7.99. The van der Waals surface area contributed by atoms with Crippen molar-refractivity contribution in [2.75, 3.05) is 38.6 Å². The first-order valence-corrected chi connectivity index (χ1v) is 8.24. The summed E-state index contributed by atoms with van der Waals surface area (Å²) < 4.78 is 5.36. The van der Waals surface area contributed by atoms with Gasteiger partial charge in [0.15, 0.2) is 0 Å². The molecule has 0 bridgehead atoms. The van der Waals surface area contributed by atoms with Crippen LogP contribution in [0.3, 0.4) is 0 Å². The number of rotatable bonds is 6. The van der Waals surface area contributed by atoms with Crippen molar-refractivity contribution in [2.24, 2.45) is 0 Å². The summed E-state index contributed by atoms with van der Waals surface area (Å²) in [4.78, 5) is 3.96. The van der Waals surface area contributed by atoms with E-state index in [-0.39, 0.29) is 0 Å². The highest BCUT2D eigenvalue weighted by atomic mass is 32.2. The summed E-state index contributed by atoms with van der Waals surface area (Å²) in [5, 5.41) is 0. The van der Waals surface area contributed by atoms with Gasteiger partial charge in [-0.25, -0.2) is 0 Å². The van der Waals surface area contributed by atoms with E-state index in [2.05, 4.69) is 36.9 Å². The zero-order valence-corrected chi connectivity index (χ0v) is 13.0. The number of hydrogen-bond acceptors (Lipinski definition) is 3. The van der Waals surface area contributed by atoms with Crippen molar-refractivity contribution in [3.8, 4) is 0 Å². The van der Waals surface area contributed by atoms with E-state index < -0.39 is 0 Å². The number of ether oxygens (including phenoxy) is 1. The second-order valence-electron chi connectivity index (χ2n) is 5.28. The maximum Gasteiger partial charge on any atom is 0.0594 e. The number of hydrogen-bond donors (Lipinski definition) is 0. The van der Waals surface area contributed by atoms with Crippen LogP contribution >= 0.6 is 11.8 Å². The molecule has 1 saturated heterocycles. The molecule has 0 aromatic heterocycles. The third kappa shape index (κ3) is 5.17. The van der Waals surface area contributed by atoms with Crippen LogP contribution in [0.4, 0.5) is 0 Å². The monoisotopic (exact) mass is 279 g/mol. The van der Waals surface area contributed by atoms with Crippen LogP contribution in [-0.4, -0.2) is 43.5 Å². The van der Waals surface area contributed by atoms with Gasteiger partial charge in [-0.2, -0.15) is 0 Å². The predicted octanol–water partition coefficient (Wildman–Crippen LogP) is 3.51. The largest absolute Gasteiger partial charge is 0.379 e. The molecule has 0 spiro atoms. The van der Waals surface area contributed by atoms with Gasteiger partial charge < -0.3 is 4.74 Å². The van der Waals surface area contributed by atoms with E-state index in [1.807, 2.05) is 11.8 Å². The van der Waals surface area contributed by atoms with Crippen LogP contribution in [0.25, 0.3) is 0 Å². The van der Waals surface area contributed by atoms with Crippen molar-refractivity contribution >= 4 is 11.8 Å². The molecule has 0 radical (unpaired) electrons. The number of morpholine rings is 1. The number of aryl methyl sites for hydroxylation is 2. The van der Waals surface area contributed by atoms with Gasteiger partial charge in [0.1, 0.15) is 0 Å². The minimum Gasteiger partial charge on any atom is -0.379 e. The fourth-order valence-electron chi connectivity index (χ4n) is 2.41. The fraction of sp³-hybridized carbons (Fsp3) is 0.625. The van der Waals surface area contributed by atoms with Crippen LogP contribution in [0, 0.1) is 13.8 Å². The van der Waals surface area contributed by atoms with Crippen molar-refractivity contribution in [1.82, 2.24) is 4.90 Å². The van der Waals surface area contributed by atoms with Crippen molar-refractivity contribution in [3.05, 3.63) is 29.3 Å². The van der Waals surface area contributed by atoms with E-state index in [9.17, 15) is 0 Å². The molecule has 0 aliphatic carbocycles. The molecule has 0 unspecified atom stereocenters. The van der Waals surface area contributed by atoms with Crippen LogP contribution in [0.2, 0.25) is 0 Å². The van der Waals surface area contributed by atoms with Crippen LogP contribution in [0.15, 0.2) is 23.1 Å². The minimum absolute atomic E-state index is 0.914. The molecule has 1 aliphatic rings. The first-order chi connectivity index (χ1) is 9.25. The molecule has 2 nitrogen and oxygen atoms in total. The Kier molecular flexibility index (Phi) is 6.21. The first-order valence-electron chi connectivity index (χ1n) is 7.26. The molecule has 0 atom stereocenters. The van der Waals surface area contributed by atoms with Gasteiger partial charge >= 0.3 is 0 Å². The Morgan fingerprint density at radius 2 is 1.95 bits per heavy atom. The highest BCUT2D eigenvalue weighted by Crippen LogP contribution is 2.24. The first kappa shape index (κ1) is 14.9. The van der Waals surface area contributed by atoms with E-state index in [1.165, 1.54) is 41.2 Å². The van der Waals surface area contributed by atoms with Gasteiger partial charge in [0.2, 0.25) is 0 Å². The minimum atomic E-state index is 0.914. The van der Waals surface area contributed by atoms with Gasteiger partial charge in [0, 0.05) is 18.0 Å². The molecule has 1 aromatic rings. The average molecular weight is 279 g/mol. The Labute approximate surface area is 121 Å². The lowest BCUT2D eigenvalue weighted by Crippen LogP contribution is -2.36. The topological polar surface area (TPSA) is 12.5 Å². The maximum absolute atomic E-state index is 5.36. The Hall–Kier alpha value is -0.510. The molecular weight excluding hydrogens is 254 g/mol. The Balaban J connectivity index is 1.61. The molecular formula is C16H25NOS. The molecule has 1 heterocycles. The van der Waals surface area contributed by atoms with Crippen molar-refractivity contribution in [2.45, 2.75) is 31.6 Å². The number of nitrogens with zero attached hydrogens (tertiary/aromatic N) is 1. The quantitative estimate of drug-likeness (QED) is 0.584. The van der Waals surface area contributed by atoms with Crippen molar-refractivity contribution in [1.29, 1.82) is 0 Å². The summed E-state index contributed by atoms with van der Waals surface area (Å²) in [5.74, 6) is 1.23. The normalized spacial score (nSPS) is 16.7. The summed E-state index contributed by atoms with van der Waals surface area (Å²) in [5.41, 5.74) is 2.77.